The van der Waals surface area contributed by atoms with Gasteiger partial charge in [0.25, 0.3) is 0 Å². The van der Waals surface area contributed by atoms with Crippen LogP contribution in [-0.2, 0) is 6.42 Å². The minimum atomic E-state index is -0.420. The number of aromatic nitrogens is 3. The lowest BCUT2D eigenvalue weighted by Crippen LogP contribution is -2.22. The van der Waals surface area contributed by atoms with E-state index in [4.69, 9.17) is 0 Å². The Morgan fingerprint density at radius 3 is 2.47 bits per heavy atom. The van der Waals surface area contributed by atoms with Crippen LogP contribution in [0.15, 0.2) is 36.9 Å². The van der Waals surface area contributed by atoms with Crippen molar-refractivity contribution in [1.29, 1.82) is 0 Å². The van der Waals surface area contributed by atoms with Crippen LogP contribution in [0.2, 0.25) is 0 Å². The van der Waals surface area contributed by atoms with Gasteiger partial charge in [-0.15, -0.1) is 0 Å². The Balaban J connectivity index is 1.93. The third kappa shape index (κ3) is 3.21. The highest BCUT2D eigenvalue weighted by atomic mass is 19.1. The standard InChI is InChI=1S/C12H13FN4/c1-17(12-15-8-11(13)9-16-12)7-4-10-2-5-14-6-3-10/h2-3,5-6,8-9H,4,7H2,1H3. The molecule has 0 amide bonds. The van der Waals surface area contributed by atoms with Gasteiger partial charge in [-0.2, -0.15) is 0 Å². The molecule has 2 aromatic heterocycles. The van der Waals surface area contributed by atoms with Crippen LogP contribution in [-0.4, -0.2) is 28.5 Å². The van der Waals surface area contributed by atoms with E-state index in [1.807, 2.05) is 24.1 Å². The molecule has 0 saturated heterocycles. The second kappa shape index (κ2) is 5.34. The third-order valence-corrected chi connectivity index (χ3v) is 2.43. The maximum atomic E-state index is 12.7. The van der Waals surface area contributed by atoms with Crippen LogP contribution in [0, 0.1) is 5.82 Å². The monoisotopic (exact) mass is 232 g/mol. The van der Waals surface area contributed by atoms with Crippen molar-refractivity contribution < 1.29 is 4.39 Å². The molecule has 0 bridgehead atoms. The van der Waals surface area contributed by atoms with E-state index in [0.717, 1.165) is 13.0 Å². The lowest BCUT2D eigenvalue weighted by atomic mass is 10.2. The average Bonchev–Trinajstić information content (AvgIpc) is 2.38. The summed E-state index contributed by atoms with van der Waals surface area (Å²) in [6.45, 7) is 0.773. The van der Waals surface area contributed by atoms with Crippen LogP contribution in [0.5, 0.6) is 0 Å². The SMILES string of the molecule is CN(CCc1ccncc1)c1ncc(F)cn1. The first kappa shape index (κ1) is 11.4. The molecule has 5 heteroatoms. The zero-order valence-corrected chi connectivity index (χ0v) is 9.55. The van der Waals surface area contributed by atoms with E-state index in [1.54, 1.807) is 12.4 Å². The molecule has 0 aromatic carbocycles. The van der Waals surface area contributed by atoms with E-state index in [0.29, 0.717) is 5.95 Å². The highest BCUT2D eigenvalue weighted by Gasteiger charge is 2.04. The minimum Gasteiger partial charge on any atom is -0.344 e. The summed E-state index contributed by atoms with van der Waals surface area (Å²) in [6.07, 6.45) is 6.75. The molecule has 0 fully saturated rings. The molecule has 2 heterocycles. The van der Waals surface area contributed by atoms with Crippen molar-refractivity contribution in [3.63, 3.8) is 0 Å². The fraction of sp³-hybridized carbons (Fsp3) is 0.250. The van der Waals surface area contributed by atoms with Gasteiger partial charge in [0.05, 0.1) is 12.4 Å². The topological polar surface area (TPSA) is 41.9 Å². The summed E-state index contributed by atoms with van der Waals surface area (Å²) < 4.78 is 12.7. The normalized spacial score (nSPS) is 10.2. The Labute approximate surface area is 99.2 Å². The number of pyridine rings is 1. The van der Waals surface area contributed by atoms with Crippen LogP contribution in [0.3, 0.4) is 0 Å². The summed E-state index contributed by atoms with van der Waals surface area (Å²) in [7, 11) is 1.88. The van der Waals surface area contributed by atoms with Crippen molar-refractivity contribution >= 4 is 5.95 Å². The third-order valence-electron chi connectivity index (χ3n) is 2.43. The lowest BCUT2D eigenvalue weighted by molar-refractivity contribution is 0.612. The summed E-state index contributed by atoms with van der Waals surface area (Å²) in [4.78, 5) is 13.7. The summed E-state index contributed by atoms with van der Waals surface area (Å²) in [6, 6.07) is 3.94. The number of hydrogen-bond donors (Lipinski definition) is 0. The predicted octanol–water partition coefficient (Wildman–Crippen LogP) is 1.69. The Morgan fingerprint density at radius 1 is 1.18 bits per heavy atom. The summed E-state index contributed by atoms with van der Waals surface area (Å²) in [5, 5.41) is 0. The van der Waals surface area contributed by atoms with Crippen molar-refractivity contribution in [2.45, 2.75) is 6.42 Å². The van der Waals surface area contributed by atoms with Gasteiger partial charge in [-0.05, 0) is 24.1 Å². The largest absolute Gasteiger partial charge is 0.344 e. The molecule has 0 radical (unpaired) electrons. The van der Waals surface area contributed by atoms with E-state index in [-0.39, 0.29) is 0 Å². The number of halogens is 1. The maximum Gasteiger partial charge on any atom is 0.225 e. The molecule has 0 unspecified atom stereocenters. The quantitative estimate of drug-likeness (QED) is 0.804. The average molecular weight is 232 g/mol. The molecule has 2 aromatic rings. The van der Waals surface area contributed by atoms with Gasteiger partial charge in [0.1, 0.15) is 0 Å². The van der Waals surface area contributed by atoms with Gasteiger partial charge in [-0.1, -0.05) is 0 Å². The van der Waals surface area contributed by atoms with Crippen molar-refractivity contribution in [3.8, 4) is 0 Å². The van der Waals surface area contributed by atoms with Crippen LogP contribution in [0.25, 0.3) is 0 Å². The van der Waals surface area contributed by atoms with E-state index >= 15 is 0 Å². The number of hydrogen-bond acceptors (Lipinski definition) is 4. The van der Waals surface area contributed by atoms with Crippen LogP contribution >= 0.6 is 0 Å². The van der Waals surface area contributed by atoms with E-state index in [9.17, 15) is 4.39 Å². The Kier molecular flexibility index (Phi) is 3.59. The van der Waals surface area contributed by atoms with Gasteiger partial charge in [0.15, 0.2) is 5.82 Å². The first-order chi connectivity index (χ1) is 8.25. The van der Waals surface area contributed by atoms with Gasteiger partial charge in [-0.25, -0.2) is 14.4 Å². The maximum absolute atomic E-state index is 12.7. The molecule has 0 saturated carbocycles. The molecule has 0 aliphatic carbocycles. The summed E-state index contributed by atoms with van der Waals surface area (Å²) in [5.41, 5.74) is 1.20. The molecule has 2 rings (SSSR count). The molecular weight excluding hydrogens is 219 g/mol. The Morgan fingerprint density at radius 2 is 1.82 bits per heavy atom. The fourth-order valence-electron chi connectivity index (χ4n) is 1.45. The molecule has 4 nitrogen and oxygen atoms in total. The Hall–Kier alpha value is -2.04. The Bertz CT molecular complexity index is 458. The van der Waals surface area contributed by atoms with Crippen molar-refractivity contribution in [2.75, 3.05) is 18.5 Å². The molecular formula is C12H13FN4. The van der Waals surface area contributed by atoms with E-state index in [1.165, 1.54) is 18.0 Å². The van der Waals surface area contributed by atoms with Gasteiger partial charge in [0, 0.05) is 26.0 Å². The van der Waals surface area contributed by atoms with Crippen LogP contribution in [0.1, 0.15) is 5.56 Å². The summed E-state index contributed by atoms with van der Waals surface area (Å²) in [5.74, 6) is 0.108. The van der Waals surface area contributed by atoms with Gasteiger partial charge >= 0.3 is 0 Å². The van der Waals surface area contributed by atoms with Gasteiger partial charge in [-0.3, -0.25) is 4.98 Å². The molecule has 0 spiro atoms. The number of likely N-dealkylation sites (N-methyl/N-ethyl adjacent to an activating group) is 1. The number of nitrogens with zero attached hydrogens (tertiary/aromatic N) is 4. The first-order valence-corrected chi connectivity index (χ1v) is 5.33. The smallest absolute Gasteiger partial charge is 0.225 e. The zero-order valence-electron chi connectivity index (χ0n) is 9.55. The van der Waals surface area contributed by atoms with E-state index < -0.39 is 5.82 Å². The molecule has 17 heavy (non-hydrogen) atoms. The minimum absolute atomic E-state index is 0.420. The van der Waals surface area contributed by atoms with Crippen molar-refractivity contribution in [2.24, 2.45) is 0 Å². The summed E-state index contributed by atoms with van der Waals surface area (Å²) >= 11 is 0. The molecule has 0 aliphatic heterocycles. The number of anilines is 1. The zero-order chi connectivity index (χ0) is 12.1. The van der Waals surface area contributed by atoms with Gasteiger partial charge in [0.2, 0.25) is 5.95 Å². The van der Waals surface area contributed by atoms with Crippen LogP contribution in [0.4, 0.5) is 10.3 Å². The molecule has 0 atom stereocenters. The number of rotatable bonds is 4. The lowest BCUT2D eigenvalue weighted by Gasteiger charge is -2.16. The second-order valence-electron chi connectivity index (χ2n) is 3.73. The fourth-order valence-corrected chi connectivity index (χ4v) is 1.45. The highest BCUT2D eigenvalue weighted by molar-refractivity contribution is 5.27. The van der Waals surface area contributed by atoms with Gasteiger partial charge < -0.3 is 4.90 Å². The molecule has 88 valence electrons. The molecule has 0 aliphatic rings. The second-order valence-corrected chi connectivity index (χ2v) is 3.73. The predicted molar refractivity (Wildman–Crippen MR) is 63.2 cm³/mol. The van der Waals surface area contributed by atoms with E-state index in [2.05, 4.69) is 15.0 Å². The highest BCUT2D eigenvalue weighted by Crippen LogP contribution is 2.06. The molecule has 0 N–H and O–H groups in total. The van der Waals surface area contributed by atoms with Crippen LogP contribution < -0.4 is 4.90 Å². The first-order valence-electron chi connectivity index (χ1n) is 5.33. The van der Waals surface area contributed by atoms with Crippen molar-refractivity contribution in [1.82, 2.24) is 15.0 Å². The van der Waals surface area contributed by atoms with Crippen molar-refractivity contribution in [3.05, 3.63) is 48.3 Å².